The lowest BCUT2D eigenvalue weighted by molar-refractivity contribution is -0.384. The van der Waals surface area contributed by atoms with E-state index in [0.717, 1.165) is 37.8 Å². The quantitative estimate of drug-likeness (QED) is 0.179. The molecule has 1 amide bonds. The SMILES string of the molecule is CCCCCCC(=O)Nc1cccc(-n2cnnc2SS(=O)(=O)c2ccc([N+](=O)[O-])cc2)c1. The van der Waals surface area contributed by atoms with Gasteiger partial charge in [-0.25, -0.2) is 8.42 Å². The van der Waals surface area contributed by atoms with Crippen LogP contribution in [0.1, 0.15) is 39.0 Å². The van der Waals surface area contributed by atoms with Crippen LogP contribution >= 0.6 is 10.8 Å². The van der Waals surface area contributed by atoms with Gasteiger partial charge < -0.3 is 5.32 Å². The molecule has 3 aromatic rings. The van der Waals surface area contributed by atoms with Crippen molar-refractivity contribution in [3.8, 4) is 5.69 Å². The number of benzene rings is 2. The molecule has 1 heterocycles. The molecule has 0 atom stereocenters. The first kappa shape index (κ1) is 24.4. The number of nitro groups is 1. The Labute approximate surface area is 194 Å². The van der Waals surface area contributed by atoms with Gasteiger partial charge in [0, 0.05) is 24.2 Å². The van der Waals surface area contributed by atoms with Crippen molar-refractivity contribution in [2.24, 2.45) is 0 Å². The maximum atomic E-state index is 12.8. The molecule has 0 unspecified atom stereocenters. The topological polar surface area (TPSA) is 137 Å². The molecule has 0 aliphatic rings. The maximum absolute atomic E-state index is 12.8. The van der Waals surface area contributed by atoms with Crippen LogP contribution in [-0.4, -0.2) is 34.0 Å². The van der Waals surface area contributed by atoms with E-state index in [4.69, 9.17) is 0 Å². The number of nitrogens with one attached hydrogen (secondary N) is 1. The summed E-state index contributed by atoms with van der Waals surface area (Å²) >= 11 is 0. The molecule has 0 saturated heterocycles. The van der Waals surface area contributed by atoms with Crippen LogP contribution in [0.25, 0.3) is 5.69 Å². The van der Waals surface area contributed by atoms with E-state index in [1.54, 1.807) is 24.3 Å². The molecule has 1 N–H and O–H groups in total. The molecule has 174 valence electrons. The fourth-order valence-corrected chi connectivity index (χ4v) is 5.64. The molecule has 0 saturated carbocycles. The lowest BCUT2D eigenvalue weighted by atomic mass is 10.1. The van der Waals surface area contributed by atoms with Gasteiger partial charge in [0.2, 0.25) is 19.9 Å². The van der Waals surface area contributed by atoms with Crippen molar-refractivity contribution in [2.45, 2.75) is 49.1 Å². The first-order valence-electron chi connectivity index (χ1n) is 10.3. The Morgan fingerprint density at radius 2 is 1.91 bits per heavy atom. The number of unbranched alkanes of at least 4 members (excludes halogenated alkanes) is 3. The highest BCUT2D eigenvalue weighted by Gasteiger charge is 2.22. The van der Waals surface area contributed by atoms with Crippen LogP contribution in [0.2, 0.25) is 0 Å². The predicted molar refractivity (Wildman–Crippen MR) is 125 cm³/mol. The van der Waals surface area contributed by atoms with Gasteiger partial charge in [-0.3, -0.25) is 19.5 Å². The maximum Gasteiger partial charge on any atom is 0.269 e. The van der Waals surface area contributed by atoms with Gasteiger partial charge >= 0.3 is 0 Å². The first-order valence-corrected chi connectivity index (χ1v) is 13.1. The van der Waals surface area contributed by atoms with Gasteiger partial charge in [0.1, 0.15) is 6.33 Å². The number of amides is 1. The molecular weight excluding hydrogens is 466 g/mol. The number of hydrogen-bond acceptors (Lipinski definition) is 8. The molecule has 0 radical (unpaired) electrons. The van der Waals surface area contributed by atoms with Crippen molar-refractivity contribution in [1.29, 1.82) is 0 Å². The summed E-state index contributed by atoms with van der Waals surface area (Å²) in [6.45, 7) is 2.11. The number of nitro benzene ring substituents is 1. The summed E-state index contributed by atoms with van der Waals surface area (Å²) in [5.41, 5.74) is 0.951. The van der Waals surface area contributed by atoms with Gasteiger partial charge in [-0.05, 0) is 36.8 Å². The lowest BCUT2D eigenvalue weighted by Gasteiger charge is -2.10. The second-order valence-corrected chi connectivity index (χ2v) is 10.9. The second kappa shape index (κ2) is 11.1. The van der Waals surface area contributed by atoms with E-state index < -0.39 is 13.8 Å². The van der Waals surface area contributed by atoms with Crippen LogP contribution in [0.4, 0.5) is 11.4 Å². The number of carbonyl (C=O) groups is 1. The molecule has 0 fully saturated rings. The number of nitrogens with zero attached hydrogens (tertiary/aromatic N) is 4. The van der Waals surface area contributed by atoms with Gasteiger partial charge in [-0.2, -0.15) is 0 Å². The van der Waals surface area contributed by atoms with E-state index in [1.165, 1.54) is 23.0 Å². The van der Waals surface area contributed by atoms with Crippen LogP contribution in [0, 0.1) is 10.1 Å². The number of non-ortho nitro benzene ring substituents is 1. The summed E-state index contributed by atoms with van der Waals surface area (Å²) < 4.78 is 27.0. The van der Waals surface area contributed by atoms with E-state index in [-0.39, 0.29) is 21.6 Å². The number of hydrogen-bond donors (Lipinski definition) is 1. The largest absolute Gasteiger partial charge is 0.326 e. The highest BCUT2D eigenvalue weighted by molar-refractivity contribution is 8.72. The Kier molecular flexibility index (Phi) is 8.17. The third-order valence-electron chi connectivity index (χ3n) is 4.70. The van der Waals surface area contributed by atoms with E-state index in [2.05, 4.69) is 22.4 Å². The molecule has 1 aromatic heterocycles. The minimum atomic E-state index is -3.90. The zero-order valence-electron chi connectivity index (χ0n) is 17.9. The molecular formula is C21H23N5O5S2. The summed E-state index contributed by atoms with van der Waals surface area (Å²) in [7, 11) is -3.42. The van der Waals surface area contributed by atoms with Crippen molar-refractivity contribution in [3.63, 3.8) is 0 Å². The number of carbonyl (C=O) groups excluding carboxylic acids is 1. The van der Waals surface area contributed by atoms with E-state index >= 15 is 0 Å². The second-order valence-electron chi connectivity index (χ2n) is 7.18. The fraction of sp³-hybridized carbons (Fsp3) is 0.286. The summed E-state index contributed by atoms with van der Waals surface area (Å²) in [4.78, 5) is 22.3. The van der Waals surface area contributed by atoms with Crippen LogP contribution in [-0.2, 0) is 13.7 Å². The van der Waals surface area contributed by atoms with Crippen molar-refractivity contribution in [2.75, 3.05) is 5.32 Å². The van der Waals surface area contributed by atoms with E-state index in [1.807, 2.05) is 0 Å². The zero-order chi connectivity index (χ0) is 23.8. The fourth-order valence-electron chi connectivity index (χ4n) is 3.01. The Hall–Kier alpha value is -3.25. The molecule has 0 aliphatic carbocycles. The molecule has 2 aromatic carbocycles. The highest BCUT2D eigenvalue weighted by atomic mass is 33.1. The monoisotopic (exact) mass is 489 g/mol. The van der Waals surface area contributed by atoms with Crippen LogP contribution in [0.5, 0.6) is 0 Å². The average Bonchev–Trinajstić information content (AvgIpc) is 3.24. The van der Waals surface area contributed by atoms with Crippen LogP contribution in [0.3, 0.4) is 0 Å². The third-order valence-corrected chi connectivity index (χ3v) is 7.88. The van der Waals surface area contributed by atoms with Crippen LogP contribution < -0.4 is 5.32 Å². The summed E-state index contributed by atoms with van der Waals surface area (Å²) in [5, 5.41) is 21.5. The Morgan fingerprint density at radius 3 is 2.61 bits per heavy atom. The van der Waals surface area contributed by atoms with Crippen molar-refractivity contribution in [1.82, 2.24) is 14.8 Å². The first-order chi connectivity index (χ1) is 15.8. The highest BCUT2D eigenvalue weighted by Crippen LogP contribution is 2.32. The Bertz CT molecular complexity index is 1230. The van der Waals surface area contributed by atoms with Crippen LogP contribution in [0.15, 0.2) is 64.9 Å². The molecule has 10 nitrogen and oxygen atoms in total. The van der Waals surface area contributed by atoms with Gasteiger partial charge in [0.15, 0.2) is 0 Å². The number of anilines is 1. The average molecular weight is 490 g/mol. The van der Waals surface area contributed by atoms with Crippen molar-refractivity contribution < 1.29 is 18.1 Å². The van der Waals surface area contributed by atoms with Gasteiger partial charge in [-0.1, -0.05) is 32.3 Å². The smallest absolute Gasteiger partial charge is 0.269 e. The summed E-state index contributed by atoms with van der Waals surface area (Å²) in [5.74, 6) is -0.0812. The van der Waals surface area contributed by atoms with Gasteiger partial charge in [0.25, 0.3) is 5.69 Å². The lowest BCUT2D eigenvalue weighted by Crippen LogP contribution is -2.11. The molecule has 0 aliphatic heterocycles. The summed E-state index contributed by atoms with van der Waals surface area (Å²) in [6.07, 6.45) is 5.84. The van der Waals surface area contributed by atoms with Crippen molar-refractivity contribution >= 4 is 36.9 Å². The van der Waals surface area contributed by atoms with Gasteiger partial charge in [-0.15, -0.1) is 10.2 Å². The normalized spacial score (nSPS) is 11.3. The third kappa shape index (κ3) is 6.62. The molecule has 0 spiro atoms. The molecule has 3 rings (SSSR count). The standard InChI is InChI=1S/C21H23N5O5S2/c1-2-3-4-5-9-20(27)23-16-7-6-8-18(14-16)25-15-22-24-21(25)32-33(30,31)19-12-10-17(11-13-19)26(28)29/h6-8,10-15H,2-5,9H2,1H3,(H,23,27). The number of rotatable bonds is 11. The predicted octanol–water partition coefficient (Wildman–Crippen LogP) is 4.57. The number of aromatic nitrogens is 3. The van der Waals surface area contributed by atoms with Gasteiger partial charge in [0.05, 0.1) is 26.3 Å². The zero-order valence-corrected chi connectivity index (χ0v) is 19.5. The minimum Gasteiger partial charge on any atom is -0.326 e. The van der Waals surface area contributed by atoms with Crippen molar-refractivity contribution in [3.05, 3.63) is 65.0 Å². The Morgan fingerprint density at radius 1 is 1.15 bits per heavy atom. The molecule has 0 bridgehead atoms. The molecule has 33 heavy (non-hydrogen) atoms. The Balaban J connectivity index is 1.74. The minimum absolute atomic E-state index is 0.0812. The van der Waals surface area contributed by atoms with E-state index in [0.29, 0.717) is 28.6 Å². The summed E-state index contributed by atoms with van der Waals surface area (Å²) in [6, 6.07) is 11.5. The molecule has 12 heteroatoms. The van der Waals surface area contributed by atoms with E-state index in [9.17, 15) is 23.3 Å².